The van der Waals surface area contributed by atoms with E-state index in [1.165, 1.54) is 11.0 Å². The topological polar surface area (TPSA) is 148 Å². The highest BCUT2D eigenvalue weighted by molar-refractivity contribution is 7.91. The fourth-order valence-corrected chi connectivity index (χ4v) is 5.73. The van der Waals surface area contributed by atoms with Crippen molar-refractivity contribution in [1.29, 1.82) is 0 Å². The van der Waals surface area contributed by atoms with Gasteiger partial charge in [-0.1, -0.05) is 51.4 Å². The summed E-state index contributed by atoms with van der Waals surface area (Å²) in [5.41, 5.74) is 5.65. The number of benzene rings is 2. The molecule has 1 aliphatic rings. The zero-order valence-corrected chi connectivity index (χ0v) is 23.4. The van der Waals surface area contributed by atoms with Crippen molar-refractivity contribution < 1.29 is 26.8 Å². The second-order valence-corrected chi connectivity index (χ2v) is 12.8. The van der Waals surface area contributed by atoms with Gasteiger partial charge >= 0.3 is 0 Å². The molecule has 3 N–H and O–H groups in total. The molecule has 39 heavy (non-hydrogen) atoms. The second-order valence-electron chi connectivity index (χ2n) is 10.4. The number of nitrogens with one attached hydrogen (secondary N) is 1. The summed E-state index contributed by atoms with van der Waals surface area (Å²) in [5.74, 6) is -2.98. The molecule has 3 aromatic rings. The molecule has 2 atom stereocenters. The molecule has 0 spiro atoms. The van der Waals surface area contributed by atoms with E-state index in [2.05, 4.69) is 15.5 Å². The number of nitrogens with zero attached hydrogens (tertiary/aromatic N) is 3. The first kappa shape index (κ1) is 28.7. The minimum absolute atomic E-state index is 0.0848. The van der Waals surface area contributed by atoms with E-state index in [4.69, 9.17) is 21.8 Å². The van der Waals surface area contributed by atoms with Gasteiger partial charge in [0.2, 0.25) is 11.8 Å². The molecule has 0 saturated carbocycles. The quantitative estimate of drug-likeness (QED) is 0.453. The van der Waals surface area contributed by atoms with Gasteiger partial charge in [-0.05, 0) is 36.2 Å². The van der Waals surface area contributed by atoms with Crippen molar-refractivity contribution in [3.8, 4) is 11.5 Å². The lowest BCUT2D eigenvalue weighted by atomic mass is 9.97. The molecule has 0 saturated heterocycles. The van der Waals surface area contributed by atoms with Crippen LogP contribution in [0.4, 0.5) is 10.1 Å². The molecule has 0 aliphatic carbocycles. The van der Waals surface area contributed by atoms with Crippen LogP contribution in [0.15, 0.2) is 45.7 Å². The Morgan fingerprint density at radius 2 is 1.92 bits per heavy atom. The Morgan fingerprint density at radius 1 is 1.26 bits per heavy atom. The van der Waals surface area contributed by atoms with Gasteiger partial charge in [-0.25, -0.2) is 12.8 Å². The number of aromatic nitrogens is 2. The number of carbonyl (C=O) groups excluding carboxylic acids is 2. The highest BCUT2D eigenvalue weighted by atomic mass is 35.5. The number of hydrogen-bond acceptors (Lipinski definition) is 8. The number of anilines is 1. The van der Waals surface area contributed by atoms with E-state index in [0.717, 1.165) is 6.07 Å². The number of carbonyl (C=O) groups is 2. The van der Waals surface area contributed by atoms with Crippen molar-refractivity contribution in [1.82, 2.24) is 15.5 Å². The smallest absolute Gasteiger partial charge is 0.250 e. The van der Waals surface area contributed by atoms with Gasteiger partial charge in [0, 0.05) is 10.4 Å². The molecule has 1 aromatic heterocycles. The van der Waals surface area contributed by atoms with E-state index in [-0.39, 0.29) is 36.0 Å². The van der Waals surface area contributed by atoms with Crippen LogP contribution < -0.4 is 16.0 Å². The number of nitrogens with two attached hydrogens (primary N) is 1. The van der Waals surface area contributed by atoms with Crippen LogP contribution in [0, 0.1) is 5.82 Å². The zero-order chi connectivity index (χ0) is 28.7. The summed E-state index contributed by atoms with van der Waals surface area (Å²) in [6.45, 7) is 7.12. The van der Waals surface area contributed by atoms with Crippen molar-refractivity contribution >= 4 is 38.9 Å². The maximum atomic E-state index is 15.4. The second kappa shape index (κ2) is 10.7. The van der Waals surface area contributed by atoms with Crippen molar-refractivity contribution in [3.63, 3.8) is 0 Å². The molecule has 1 aliphatic heterocycles. The summed E-state index contributed by atoms with van der Waals surface area (Å²) in [6.07, 6.45) is 0.281. The molecule has 4 rings (SSSR count). The zero-order valence-electron chi connectivity index (χ0n) is 21.9. The average molecular weight is 578 g/mol. The third kappa shape index (κ3) is 5.97. The van der Waals surface area contributed by atoms with E-state index in [0.29, 0.717) is 10.6 Å². The number of rotatable bonds is 6. The number of halogens is 2. The normalized spacial score (nSPS) is 17.9. The summed E-state index contributed by atoms with van der Waals surface area (Å²) >= 11 is 6.01. The predicted octanol–water partition coefficient (Wildman–Crippen LogP) is 3.37. The third-order valence-corrected chi connectivity index (χ3v) is 8.29. The maximum absolute atomic E-state index is 15.4. The molecule has 2 amide bonds. The van der Waals surface area contributed by atoms with Gasteiger partial charge < -0.3 is 20.4 Å². The molecule has 0 bridgehead atoms. The largest absolute Gasteiger partial charge is 0.420 e. The van der Waals surface area contributed by atoms with Gasteiger partial charge in [0.05, 0.1) is 34.5 Å². The van der Waals surface area contributed by atoms with Gasteiger partial charge in [0.25, 0.3) is 11.8 Å². The fourth-order valence-electron chi connectivity index (χ4n) is 3.99. The van der Waals surface area contributed by atoms with Crippen molar-refractivity contribution in [2.45, 2.75) is 63.1 Å². The lowest BCUT2D eigenvalue weighted by Gasteiger charge is -2.26. The molecule has 0 fully saturated rings. The van der Waals surface area contributed by atoms with Crippen LogP contribution in [0.3, 0.4) is 0 Å². The van der Waals surface area contributed by atoms with Crippen molar-refractivity contribution in [2.24, 2.45) is 5.73 Å². The van der Waals surface area contributed by atoms with Gasteiger partial charge in [-0.15, -0.1) is 10.2 Å². The molecule has 10 nitrogen and oxygen atoms in total. The number of hydrogen-bond donors (Lipinski definition) is 2. The summed E-state index contributed by atoms with van der Waals surface area (Å²) in [4.78, 5) is 27.2. The number of amides is 2. The third-order valence-electron chi connectivity index (χ3n) is 6.27. The van der Waals surface area contributed by atoms with Crippen LogP contribution in [0.2, 0.25) is 5.02 Å². The van der Waals surface area contributed by atoms with Crippen molar-refractivity contribution in [2.75, 3.05) is 10.7 Å². The van der Waals surface area contributed by atoms with Crippen LogP contribution in [-0.4, -0.2) is 48.3 Å². The molecule has 2 heterocycles. The van der Waals surface area contributed by atoms with Gasteiger partial charge in [0.15, 0.2) is 9.84 Å². The van der Waals surface area contributed by atoms with E-state index in [9.17, 15) is 18.0 Å². The van der Waals surface area contributed by atoms with Crippen LogP contribution in [0.25, 0.3) is 11.5 Å². The first-order valence-corrected chi connectivity index (χ1v) is 14.3. The van der Waals surface area contributed by atoms with Crippen LogP contribution in [0.1, 0.15) is 45.6 Å². The molecule has 208 valence electrons. The van der Waals surface area contributed by atoms with E-state index in [1.54, 1.807) is 31.2 Å². The minimum atomic E-state index is -4.26. The molecule has 13 heteroatoms. The lowest BCUT2D eigenvalue weighted by Crippen LogP contribution is -2.54. The maximum Gasteiger partial charge on any atom is 0.250 e. The van der Waals surface area contributed by atoms with E-state index < -0.39 is 55.6 Å². The summed E-state index contributed by atoms with van der Waals surface area (Å²) in [5, 5.41) is 10.9. The predicted molar refractivity (Wildman–Crippen MR) is 143 cm³/mol. The fraction of sp³-hybridized carbons (Fsp3) is 0.385. The minimum Gasteiger partial charge on any atom is -0.420 e. The Labute approximate surface area is 230 Å². The Hall–Kier alpha value is -3.35. The molecular weight excluding hydrogens is 549 g/mol. The molecule has 2 aromatic carbocycles. The Balaban J connectivity index is 1.87. The first-order valence-electron chi connectivity index (χ1n) is 12.2. The van der Waals surface area contributed by atoms with Crippen LogP contribution >= 0.6 is 11.6 Å². The highest BCUT2D eigenvalue weighted by Gasteiger charge is 2.40. The summed E-state index contributed by atoms with van der Waals surface area (Å²) in [7, 11) is -4.26. The highest BCUT2D eigenvalue weighted by Crippen LogP contribution is 2.38. The van der Waals surface area contributed by atoms with Crippen LogP contribution in [0.5, 0.6) is 0 Å². The van der Waals surface area contributed by atoms with Gasteiger partial charge in [0.1, 0.15) is 11.9 Å². The van der Waals surface area contributed by atoms with Crippen molar-refractivity contribution in [3.05, 3.63) is 58.7 Å². The average Bonchev–Trinajstić information content (AvgIpc) is 3.35. The molecule has 0 radical (unpaired) electrons. The molecular formula is C26H29ClFN5O5S. The Morgan fingerprint density at radius 3 is 2.51 bits per heavy atom. The summed E-state index contributed by atoms with van der Waals surface area (Å²) in [6, 6.07) is 6.25. The number of sulfone groups is 1. The summed E-state index contributed by atoms with van der Waals surface area (Å²) < 4.78 is 48.0. The van der Waals surface area contributed by atoms with Crippen LogP contribution in [-0.2, 0) is 31.4 Å². The monoisotopic (exact) mass is 577 g/mol. The number of fused-ring (bicyclic) bond motifs is 1. The molecule has 0 unspecified atom stereocenters. The Kier molecular flexibility index (Phi) is 7.84. The Bertz CT molecular complexity index is 1520. The lowest BCUT2D eigenvalue weighted by molar-refractivity contribution is -0.127. The van der Waals surface area contributed by atoms with Gasteiger partial charge in [-0.2, -0.15) is 0 Å². The van der Waals surface area contributed by atoms with Gasteiger partial charge in [-0.3, -0.25) is 9.59 Å². The first-order chi connectivity index (χ1) is 18.2. The standard InChI is InChI=1S/C26H29ClFN5O5S/c1-5-18(29)22(34)30-19-13-39(36,37)21-11-17(28)16(23-31-32-25(38-23)26(2,3)4)10-20(21)33(24(19)35)12-14-6-8-15(27)9-7-14/h6-11,18-19H,5,12-13,29H2,1-4H3,(H,30,34)/t18-,19-/m0/s1. The van der Waals surface area contributed by atoms with E-state index >= 15 is 4.39 Å². The SMILES string of the molecule is CC[C@H](N)C(=O)N[C@H]1CS(=O)(=O)c2cc(F)c(-c3nnc(C(C)(C)C)o3)cc2N(Cc2ccc(Cl)cc2)C1=O. The van der Waals surface area contributed by atoms with E-state index in [1.807, 2.05) is 20.8 Å².